The number of aromatic nitrogens is 1. The highest BCUT2D eigenvalue weighted by molar-refractivity contribution is 6.31. The molecule has 2 aromatic carbocycles. The van der Waals surface area contributed by atoms with Gasteiger partial charge in [0.1, 0.15) is 0 Å². The van der Waals surface area contributed by atoms with E-state index in [0.29, 0.717) is 10.9 Å². The number of ether oxygens (including phenoxy) is 1. The van der Waals surface area contributed by atoms with Gasteiger partial charge in [-0.05, 0) is 73.1 Å². The first-order valence-corrected chi connectivity index (χ1v) is 13.6. The van der Waals surface area contributed by atoms with Crippen molar-refractivity contribution in [1.82, 2.24) is 9.47 Å². The van der Waals surface area contributed by atoms with Gasteiger partial charge in [0.05, 0.1) is 11.1 Å². The van der Waals surface area contributed by atoms with Gasteiger partial charge in [-0.15, -0.1) is 0 Å². The summed E-state index contributed by atoms with van der Waals surface area (Å²) >= 11 is 6.37. The number of hydrogen-bond donors (Lipinski definition) is 0. The van der Waals surface area contributed by atoms with E-state index >= 15 is 0 Å². The number of nitrogens with zero attached hydrogens (tertiary/aromatic N) is 2. The van der Waals surface area contributed by atoms with Gasteiger partial charge in [-0.25, -0.2) is 0 Å². The molecule has 0 spiro atoms. The number of aryl methyl sites for hydroxylation is 2. The topological polar surface area (TPSA) is 34.5 Å². The van der Waals surface area contributed by atoms with Gasteiger partial charge in [-0.3, -0.25) is 4.79 Å². The van der Waals surface area contributed by atoms with Crippen LogP contribution in [0.2, 0.25) is 5.02 Å². The van der Waals surface area contributed by atoms with E-state index in [4.69, 9.17) is 16.3 Å². The highest BCUT2D eigenvalue weighted by atomic mass is 35.5. The van der Waals surface area contributed by atoms with Crippen LogP contribution in [-0.2, 0) is 23.1 Å². The minimum Gasteiger partial charge on any atom is -0.381 e. The van der Waals surface area contributed by atoms with Crippen LogP contribution in [0.1, 0.15) is 67.4 Å². The van der Waals surface area contributed by atoms with Crippen LogP contribution in [-0.4, -0.2) is 41.7 Å². The Morgan fingerprint density at radius 1 is 1.11 bits per heavy atom. The Labute approximate surface area is 214 Å². The fourth-order valence-corrected chi connectivity index (χ4v) is 6.20. The van der Waals surface area contributed by atoms with Crippen LogP contribution >= 0.6 is 11.6 Å². The zero-order valence-corrected chi connectivity index (χ0v) is 21.8. The van der Waals surface area contributed by atoms with E-state index in [2.05, 4.69) is 53.8 Å². The molecule has 2 fully saturated rings. The Kier molecular flexibility index (Phi) is 7.22. The predicted octanol–water partition coefficient (Wildman–Crippen LogP) is 6.87. The summed E-state index contributed by atoms with van der Waals surface area (Å²) in [6.07, 6.45) is 8.45. The molecule has 0 N–H and O–H groups in total. The zero-order chi connectivity index (χ0) is 24.4. The molecule has 0 bridgehead atoms. The number of likely N-dealkylation sites (tertiary alicyclic amines) is 1. The van der Waals surface area contributed by atoms with Crippen molar-refractivity contribution >= 4 is 28.4 Å². The Balaban J connectivity index is 1.34. The number of amides is 1. The van der Waals surface area contributed by atoms with Crippen molar-refractivity contribution in [2.75, 3.05) is 26.3 Å². The Morgan fingerprint density at radius 3 is 2.60 bits per heavy atom. The summed E-state index contributed by atoms with van der Waals surface area (Å²) in [6, 6.07) is 14.7. The highest BCUT2D eigenvalue weighted by Crippen LogP contribution is 2.38. The summed E-state index contributed by atoms with van der Waals surface area (Å²) < 4.78 is 7.77. The molecule has 0 radical (unpaired) electrons. The molecule has 0 unspecified atom stereocenters. The summed E-state index contributed by atoms with van der Waals surface area (Å²) in [6.45, 7) is 8.80. The van der Waals surface area contributed by atoms with Crippen molar-refractivity contribution < 1.29 is 9.53 Å². The third-order valence-corrected chi connectivity index (χ3v) is 8.63. The van der Waals surface area contributed by atoms with E-state index in [1.807, 2.05) is 18.2 Å². The molecule has 2 aliphatic rings. The second-order valence-corrected chi connectivity index (χ2v) is 11.0. The van der Waals surface area contributed by atoms with Crippen molar-refractivity contribution in [3.05, 3.63) is 70.4 Å². The maximum atomic E-state index is 13.8. The predicted molar refractivity (Wildman–Crippen MR) is 143 cm³/mol. The van der Waals surface area contributed by atoms with Gasteiger partial charge in [-0.1, -0.05) is 55.8 Å². The van der Waals surface area contributed by atoms with Gasteiger partial charge in [0.25, 0.3) is 5.91 Å². The number of carbonyl (C=O) groups is 1. The molecule has 2 aliphatic heterocycles. The first-order valence-electron chi connectivity index (χ1n) is 13.2. The van der Waals surface area contributed by atoms with E-state index in [1.165, 1.54) is 11.1 Å². The zero-order valence-electron chi connectivity index (χ0n) is 21.1. The number of hydrogen-bond acceptors (Lipinski definition) is 2. The molecule has 35 heavy (non-hydrogen) atoms. The van der Waals surface area contributed by atoms with Crippen LogP contribution < -0.4 is 0 Å². The molecule has 0 saturated carbocycles. The lowest BCUT2D eigenvalue weighted by Crippen LogP contribution is -2.44. The Morgan fingerprint density at radius 2 is 1.86 bits per heavy atom. The van der Waals surface area contributed by atoms with Gasteiger partial charge >= 0.3 is 0 Å². The van der Waals surface area contributed by atoms with Crippen LogP contribution in [0.15, 0.2) is 48.7 Å². The number of carbonyl (C=O) groups excluding carboxylic acids is 1. The average molecular weight is 493 g/mol. The largest absolute Gasteiger partial charge is 0.381 e. The van der Waals surface area contributed by atoms with E-state index in [1.54, 1.807) is 0 Å². The number of rotatable bonds is 6. The van der Waals surface area contributed by atoms with Crippen molar-refractivity contribution in [2.45, 2.75) is 64.3 Å². The quantitative estimate of drug-likeness (QED) is 0.376. The lowest BCUT2D eigenvalue weighted by atomic mass is 9.72. The van der Waals surface area contributed by atoms with Crippen LogP contribution in [0.5, 0.6) is 0 Å². The molecule has 5 rings (SSSR count). The third-order valence-electron chi connectivity index (χ3n) is 8.40. The fraction of sp³-hybridized carbons (Fsp3) is 0.500. The number of benzene rings is 2. The molecular formula is C30H37ClN2O2. The van der Waals surface area contributed by atoms with Gasteiger partial charge < -0.3 is 14.2 Å². The van der Waals surface area contributed by atoms with Crippen LogP contribution in [0, 0.1) is 5.92 Å². The molecule has 2 saturated heterocycles. The number of halogens is 1. The summed E-state index contributed by atoms with van der Waals surface area (Å²) in [5.41, 5.74) is 4.87. The molecule has 186 valence electrons. The van der Waals surface area contributed by atoms with Gasteiger partial charge in [-0.2, -0.15) is 0 Å². The second kappa shape index (κ2) is 10.4. The van der Waals surface area contributed by atoms with Crippen LogP contribution in [0.3, 0.4) is 0 Å². The van der Waals surface area contributed by atoms with Gasteiger partial charge in [0.2, 0.25) is 0 Å². The third kappa shape index (κ3) is 5.01. The SMILES string of the molecule is CCc1ccccc1C1(C)CCN(C(=O)c2cn(CCC3CCOCC3)c3cc(Cl)ccc23)CC1. The van der Waals surface area contributed by atoms with Crippen molar-refractivity contribution in [3.63, 3.8) is 0 Å². The van der Waals surface area contributed by atoms with Crippen LogP contribution in [0.4, 0.5) is 0 Å². The summed E-state index contributed by atoms with van der Waals surface area (Å²) in [5, 5.41) is 1.72. The fourth-order valence-electron chi connectivity index (χ4n) is 6.04. The molecule has 0 atom stereocenters. The number of piperidine rings is 1. The van der Waals surface area contributed by atoms with Crippen LogP contribution in [0.25, 0.3) is 10.9 Å². The average Bonchev–Trinajstić information content (AvgIpc) is 3.25. The minimum absolute atomic E-state index is 0.120. The summed E-state index contributed by atoms with van der Waals surface area (Å²) in [7, 11) is 0. The lowest BCUT2D eigenvalue weighted by Gasteiger charge is -2.40. The molecule has 5 heteroatoms. The van der Waals surface area contributed by atoms with Gasteiger partial charge in [0, 0.05) is 49.5 Å². The molecule has 0 aliphatic carbocycles. The van der Waals surface area contributed by atoms with E-state index < -0.39 is 0 Å². The normalized spacial score (nSPS) is 18.8. The molecule has 3 heterocycles. The Hall–Kier alpha value is -2.30. The maximum absolute atomic E-state index is 13.8. The second-order valence-electron chi connectivity index (χ2n) is 10.6. The summed E-state index contributed by atoms with van der Waals surface area (Å²) in [5.74, 6) is 0.832. The standard InChI is InChI=1S/C30H37ClN2O2/c1-3-23-6-4-5-7-27(23)30(2)13-16-32(17-14-30)29(34)26-21-33(15-10-22-11-18-35-19-12-22)28-20-24(31)8-9-25(26)28/h4-9,20-22H,3,10-19H2,1-2H3. The Bertz CT molecular complexity index is 1190. The molecule has 1 amide bonds. The molecular weight excluding hydrogens is 456 g/mol. The van der Waals surface area contributed by atoms with Crippen molar-refractivity contribution in [2.24, 2.45) is 5.92 Å². The number of fused-ring (bicyclic) bond motifs is 1. The molecule has 3 aromatic rings. The first-order chi connectivity index (χ1) is 17.0. The molecule has 4 nitrogen and oxygen atoms in total. The highest BCUT2D eigenvalue weighted by Gasteiger charge is 2.35. The van der Waals surface area contributed by atoms with E-state index in [9.17, 15) is 4.79 Å². The maximum Gasteiger partial charge on any atom is 0.256 e. The van der Waals surface area contributed by atoms with E-state index in [-0.39, 0.29) is 11.3 Å². The smallest absolute Gasteiger partial charge is 0.256 e. The monoisotopic (exact) mass is 492 g/mol. The minimum atomic E-state index is 0.120. The van der Waals surface area contributed by atoms with Gasteiger partial charge in [0.15, 0.2) is 0 Å². The molecule has 1 aromatic heterocycles. The first kappa shape index (κ1) is 24.4. The lowest BCUT2D eigenvalue weighted by molar-refractivity contribution is 0.0627. The van der Waals surface area contributed by atoms with E-state index in [0.717, 1.165) is 87.8 Å². The summed E-state index contributed by atoms with van der Waals surface area (Å²) in [4.78, 5) is 15.8. The van der Waals surface area contributed by atoms with Crippen molar-refractivity contribution in [1.29, 1.82) is 0 Å². The van der Waals surface area contributed by atoms with Crippen molar-refractivity contribution in [3.8, 4) is 0 Å².